The van der Waals surface area contributed by atoms with E-state index in [4.69, 9.17) is 15.6 Å². The minimum atomic E-state index is -3.84. The first kappa shape index (κ1) is 24.8. The number of nitrogens with one attached hydrogen (secondary N) is 1. The molecule has 7 atom stereocenters. The van der Waals surface area contributed by atoms with Crippen LogP contribution in [0, 0.1) is 5.92 Å². The van der Waals surface area contributed by atoms with Crippen LogP contribution in [0.25, 0.3) is 0 Å². The molecule has 9 nitrogen and oxygen atoms in total. The Morgan fingerprint density at radius 1 is 1.14 bits per heavy atom. The molecule has 7 N–H and O–H groups in total. The predicted molar refractivity (Wildman–Crippen MR) is 93.4 cm³/mol. The highest BCUT2D eigenvalue weighted by Gasteiger charge is 2.55. The highest BCUT2D eigenvalue weighted by atomic mass is 19.3. The maximum Gasteiger partial charge on any atom is 0.278 e. The first-order valence-corrected chi connectivity index (χ1v) is 9.08. The lowest BCUT2D eigenvalue weighted by molar-refractivity contribution is -0.281. The number of ketones is 1. The monoisotopic (exact) mass is 412 g/mol. The number of aliphatic hydroxyl groups is 4. The summed E-state index contributed by atoms with van der Waals surface area (Å²) in [6.45, 7) is 4.08. The van der Waals surface area contributed by atoms with Crippen LogP contribution in [0.5, 0.6) is 0 Å². The lowest BCUT2D eigenvalue weighted by atomic mass is 9.88. The van der Waals surface area contributed by atoms with E-state index in [9.17, 15) is 33.7 Å². The Bertz CT molecular complexity index is 548. The highest BCUT2D eigenvalue weighted by Crippen LogP contribution is 2.35. The molecule has 0 saturated carbocycles. The van der Waals surface area contributed by atoms with E-state index in [-0.39, 0.29) is 12.5 Å². The predicted octanol–water partition coefficient (Wildman–Crippen LogP) is -1.70. The summed E-state index contributed by atoms with van der Waals surface area (Å²) in [4.78, 5) is 24.0. The largest absolute Gasteiger partial charge is 0.394 e. The number of carbonyl (C=O) groups excluding carboxylic acids is 2. The number of ether oxygens (including phenoxy) is 1. The van der Waals surface area contributed by atoms with Gasteiger partial charge in [-0.15, -0.1) is 0 Å². The number of nitrogens with two attached hydrogens (primary N) is 1. The molecule has 0 aromatic heterocycles. The number of amides is 1. The van der Waals surface area contributed by atoms with Crippen molar-refractivity contribution in [2.24, 2.45) is 11.7 Å². The van der Waals surface area contributed by atoms with Gasteiger partial charge in [-0.2, -0.15) is 0 Å². The summed E-state index contributed by atoms with van der Waals surface area (Å²) in [6.07, 6.45) is -11.2. The van der Waals surface area contributed by atoms with Crippen LogP contribution in [0.1, 0.15) is 33.6 Å². The molecule has 0 aromatic rings. The van der Waals surface area contributed by atoms with E-state index in [1.165, 1.54) is 6.92 Å². The fourth-order valence-corrected chi connectivity index (χ4v) is 2.95. The summed E-state index contributed by atoms with van der Waals surface area (Å²) in [7, 11) is 0. The molecule has 1 aliphatic heterocycles. The van der Waals surface area contributed by atoms with Crippen LogP contribution >= 0.6 is 0 Å². The third kappa shape index (κ3) is 6.13. The van der Waals surface area contributed by atoms with Crippen LogP contribution in [0.3, 0.4) is 0 Å². The normalized spacial score (nSPS) is 30.8. The van der Waals surface area contributed by atoms with Crippen molar-refractivity contribution in [3.05, 3.63) is 0 Å². The molecule has 0 aromatic carbocycles. The summed E-state index contributed by atoms with van der Waals surface area (Å²) in [5.74, 6) is -5.78. The molecule has 1 rings (SSSR count). The molecule has 0 radical (unpaired) electrons. The van der Waals surface area contributed by atoms with Gasteiger partial charge in [0.25, 0.3) is 5.92 Å². The first-order chi connectivity index (χ1) is 12.8. The number of halogens is 2. The standard InChI is InChI=1S/C17H30F2N2O7/c1-7(2)21-16(27)8(3)4-10(23)9(20)5-17(18,19)15-14(26)13(25)12(24)11(6-22)28-15/h7-9,11-15,22,24-26H,4-6,20H2,1-3H3,(H,21,27)/t8-,9?,11-,12+,13+,14-,15-/m1/s1. The molecule has 28 heavy (non-hydrogen) atoms. The van der Waals surface area contributed by atoms with Crippen LogP contribution in [-0.4, -0.2) is 87.2 Å². The second kappa shape index (κ2) is 9.99. The van der Waals surface area contributed by atoms with Gasteiger partial charge in [0.15, 0.2) is 5.78 Å². The lowest BCUT2D eigenvalue weighted by Gasteiger charge is -2.43. The van der Waals surface area contributed by atoms with Gasteiger partial charge in [0.05, 0.1) is 12.6 Å². The zero-order chi connectivity index (χ0) is 21.8. The van der Waals surface area contributed by atoms with Gasteiger partial charge in [0.2, 0.25) is 5.91 Å². The van der Waals surface area contributed by atoms with Gasteiger partial charge >= 0.3 is 0 Å². The highest BCUT2D eigenvalue weighted by molar-refractivity contribution is 5.89. The number of rotatable bonds is 9. The van der Waals surface area contributed by atoms with E-state index < -0.39 is 73.1 Å². The lowest BCUT2D eigenvalue weighted by Crippen LogP contribution is -2.63. The van der Waals surface area contributed by atoms with Crippen molar-refractivity contribution >= 4 is 11.7 Å². The Morgan fingerprint density at radius 2 is 1.71 bits per heavy atom. The molecule has 1 unspecified atom stereocenters. The number of hydrogen-bond donors (Lipinski definition) is 6. The Balaban J connectivity index is 2.76. The number of carbonyl (C=O) groups is 2. The van der Waals surface area contributed by atoms with E-state index in [2.05, 4.69) is 5.32 Å². The summed E-state index contributed by atoms with van der Waals surface area (Å²) in [6, 6.07) is -1.79. The van der Waals surface area contributed by atoms with Crippen molar-refractivity contribution in [1.29, 1.82) is 0 Å². The third-order valence-electron chi connectivity index (χ3n) is 4.60. The quantitative estimate of drug-likeness (QED) is 0.261. The minimum Gasteiger partial charge on any atom is -0.394 e. The summed E-state index contributed by atoms with van der Waals surface area (Å²) < 4.78 is 34.0. The van der Waals surface area contributed by atoms with Crippen molar-refractivity contribution in [3.8, 4) is 0 Å². The van der Waals surface area contributed by atoms with Crippen molar-refractivity contribution in [3.63, 3.8) is 0 Å². The minimum absolute atomic E-state index is 0.144. The Hall–Kier alpha value is -1.24. The van der Waals surface area contributed by atoms with Crippen LogP contribution in [0.4, 0.5) is 8.78 Å². The topological polar surface area (TPSA) is 162 Å². The molecule has 0 bridgehead atoms. The van der Waals surface area contributed by atoms with Crippen molar-refractivity contribution in [1.82, 2.24) is 5.32 Å². The second-order valence-corrected chi connectivity index (χ2v) is 7.56. The van der Waals surface area contributed by atoms with Gasteiger partial charge in [0, 0.05) is 24.8 Å². The van der Waals surface area contributed by atoms with E-state index >= 15 is 0 Å². The summed E-state index contributed by atoms with van der Waals surface area (Å²) in [5.41, 5.74) is 5.57. The molecular formula is C17H30F2N2O7. The zero-order valence-electron chi connectivity index (χ0n) is 16.1. The van der Waals surface area contributed by atoms with Crippen molar-refractivity contribution in [2.75, 3.05) is 6.61 Å². The van der Waals surface area contributed by atoms with Gasteiger partial charge in [0.1, 0.15) is 30.5 Å². The van der Waals surface area contributed by atoms with Crippen LogP contribution < -0.4 is 11.1 Å². The van der Waals surface area contributed by atoms with E-state index in [0.717, 1.165) is 0 Å². The smallest absolute Gasteiger partial charge is 0.278 e. The summed E-state index contributed by atoms with van der Waals surface area (Å²) in [5, 5.41) is 40.9. The Labute approximate surface area is 161 Å². The first-order valence-electron chi connectivity index (χ1n) is 9.08. The molecule has 1 amide bonds. The molecular weight excluding hydrogens is 382 g/mol. The third-order valence-corrected chi connectivity index (χ3v) is 4.60. The van der Waals surface area contributed by atoms with E-state index in [1.54, 1.807) is 13.8 Å². The molecule has 1 fully saturated rings. The number of alkyl halides is 2. The zero-order valence-corrected chi connectivity index (χ0v) is 16.1. The van der Waals surface area contributed by atoms with Gasteiger partial charge in [-0.1, -0.05) is 6.92 Å². The molecule has 11 heteroatoms. The SMILES string of the molecule is CC(C)NC(=O)[C@H](C)CC(=O)C(N)CC(F)(F)[C@@H]1O[C@H](CO)[C@H](O)[C@H](O)[C@H]1O. The number of Topliss-reactive ketones (excluding diaryl/α,β-unsaturated/α-hetero) is 1. The van der Waals surface area contributed by atoms with Crippen LogP contribution in [-0.2, 0) is 14.3 Å². The van der Waals surface area contributed by atoms with Gasteiger partial charge in [-0.3, -0.25) is 9.59 Å². The van der Waals surface area contributed by atoms with Gasteiger partial charge in [-0.05, 0) is 13.8 Å². The molecule has 0 aliphatic carbocycles. The molecule has 0 spiro atoms. The van der Waals surface area contributed by atoms with Gasteiger partial charge in [-0.25, -0.2) is 8.78 Å². The Morgan fingerprint density at radius 3 is 2.21 bits per heavy atom. The molecule has 164 valence electrons. The number of hydrogen-bond acceptors (Lipinski definition) is 8. The molecule has 1 saturated heterocycles. The van der Waals surface area contributed by atoms with Gasteiger partial charge < -0.3 is 36.2 Å². The van der Waals surface area contributed by atoms with E-state index in [1.807, 2.05) is 0 Å². The maximum atomic E-state index is 14.6. The molecule has 1 heterocycles. The van der Waals surface area contributed by atoms with Crippen LogP contribution in [0.15, 0.2) is 0 Å². The van der Waals surface area contributed by atoms with Crippen LogP contribution in [0.2, 0.25) is 0 Å². The fourth-order valence-electron chi connectivity index (χ4n) is 2.95. The fraction of sp³-hybridized carbons (Fsp3) is 0.882. The number of aliphatic hydroxyl groups excluding tert-OH is 4. The van der Waals surface area contributed by atoms with E-state index in [0.29, 0.717) is 0 Å². The maximum absolute atomic E-state index is 14.6. The summed E-state index contributed by atoms with van der Waals surface area (Å²) >= 11 is 0. The van der Waals surface area contributed by atoms with Crippen molar-refractivity contribution < 1.29 is 43.5 Å². The second-order valence-electron chi connectivity index (χ2n) is 7.56. The molecule has 1 aliphatic rings. The van der Waals surface area contributed by atoms with Crippen molar-refractivity contribution in [2.45, 2.75) is 82.1 Å². The average molecular weight is 412 g/mol. The Kier molecular flexibility index (Phi) is 8.85. The average Bonchev–Trinajstić information content (AvgIpc) is 2.58.